The van der Waals surface area contributed by atoms with E-state index in [0.29, 0.717) is 19.2 Å². The lowest BCUT2D eigenvalue weighted by Crippen LogP contribution is -2.42. The van der Waals surface area contributed by atoms with Crippen LogP contribution in [0.2, 0.25) is 18.1 Å². The summed E-state index contributed by atoms with van der Waals surface area (Å²) in [6.07, 6.45) is 4.91. The molecule has 1 aliphatic rings. The fourth-order valence-electron chi connectivity index (χ4n) is 3.14. The molecule has 2 atom stereocenters. The van der Waals surface area contributed by atoms with Crippen LogP contribution in [-0.4, -0.2) is 63.0 Å². The van der Waals surface area contributed by atoms with Crippen molar-refractivity contribution in [1.29, 1.82) is 0 Å². The van der Waals surface area contributed by atoms with Gasteiger partial charge in [-0.3, -0.25) is 13.8 Å². The highest BCUT2D eigenvalue weighted by Gasteiger charge is 2.38. The van der Waals surface area contributed by atoms with Crippen LogP contribution in [0.15, 0.2) is 6.20 Å². The van der Waals surface area contributed by atoms with E-state index in [-0.39, 0.29) is 17.2 Å². The fraction of sp³-hybridized carbons (Fsp3) is 0.850. The lowest BCUT2D eigenvalue weighted by molar-refractivity contribution is 0.136. The molecule has 0 bridgehead atoms. The van der Waals surface area contributed by atoms with Crippen molar-refractivity contribution < 1.29 is 17.0 Å². The SMILES string of the molecule is C[C@@H](CN(Cc1c(I)cnn1[C@@H](C)CO[Si](C)(C)C(C)(C)C)C1CC1)OS(C)(=O)=O. The molecule has 174 valence electrons. The zero-order valence-corrected chi connectivity index (χ0v) is 23.6. The molecule has 0 amide bonds. The molecule has 0 aliphatic heterocycles. The number of hydrogen-bond acceptors (Lipinski definition) is 6. The third kappa shape index (κ3) is 7.54. The minimum Gasteiger partial charge on any atom is -0.415 e. The first-order chi connectivity index (χ1) is 13.6. The summed E-state index contributed by atoms with van der Waals surface area (Å²) in [6.45, 7) is 17.2. The van der Waals surface area contributed by atoms with Gasteiger partial charge >= 0.3 is 0 Å². The number of nitrogens with zero attached hydrogens (tertiary/aromatic N) is 3. The van der Waals surface area contributed by atoms with Gasteiger partial charge < -0.3 is 4.43 Å². The van der Waals surface area contributed by atoms with E-state index in [1.807, 2.05) is 13.1 Å². The van der Waals surface area contributed by atoms with Gasteiger partial charge in [0.25, 0.3) is 10.1 Å². The van der Waals surface area contributed by atoms with Crippen LogP contribution in [0.25, 0.3) is 0 Å². The van der Waals surface area contributed by atoms with E-state index in [4.69, 9.17) is 8.61 Å². The van der Waals surface area contributed by atoms with Gasteiger partial charge in [0.15, 0.2) is 8.32 Å². The average Bonchev–Trinajstić information content (AvgIpc) is 3.34. The van der Waals surface area contributed by atoms with Gasteiger partial charge in [0.05, 0.1) is 40.5 Å². The van der Waals surface area contributed by atoms with Crippen molar-refractivity contribution in [3.63, 3.8) is 0 Å². The molecule has 0 spiro atoms. The van der Waals surface area contributed by atoms with Crippen molar-refractivity contribution in [3.05, 3.63) is 15.5 Å². The Bertz CT molecular complexity index is 819. The van der Waals surface area contributed by atoms with E-state index in [1.165, 1.54) is 0 Å². The van der Waals surface area contributed by atoms with Crippen LogP contribution in [0.5, 0.6) is 0 Å². The number of hydrogen-bond donors (Lipinski definition) is 0. The Labute approximate surface area is 197 Å². The number of rotatable bonds is 11. The molecule has 1 fully saturated rings. The van der Waals surface area contributed by atoms with Gasteiger partial charge in [0.2, 0.25) is 0 Å². The summed E-state index contributed by atoms with van der Waals surface area (Å²) in [7, 11) is -5.28. The van der Waals surface area contributed by atoms with Crippen LogP contribution >= 0.6 is 22.6 Å². The second kappa shape index (κ2) is 9.86. The van der Waals surface area contributed by atoms with Crippen molar-refractivity contribution in [3.8, 4) is 0 Å². The minimum atomic E-state index is -3.46. The first-order valence-corrected chi connectivity index (χ1v) is 16.4. The highest BCUT2D eigenvalue weighted by molar-refractivity contribution is 14.1. The predicted molar refractivity (Wildman–Crippen MR) is 132 cm³/mol. The molecule has 1 aliphatic carbocycles. The summed E-state index contributed by atoms with van der Waals surface area (Å²) >= 11 is 2.34. The van der Waals surface area contributed by atoms with E-state index in [1.54, 1.807) is 0 Å². The van der Waals surface area contributed by atoms with Gasteiger partial charge in [-0.1, -0.05) is 20.8 Å². The van der Waals surface area contributed by atoms with E-state index in [9.17, 15) is 8.42 Å². The van der Waals surface area contributed by atoms with Crippen molar-refractivity contribution in [2.45, 2.75) is 90.3 Å². The fourth-order valence-corrected chi connectivity index (χ4v) is 5.44. The summed E-state index contributed by atoms with van der Waals surface area (Å²) in [5.74, 6) is 0. The van der Waals surface area contributed by atoms with E-state index in [0.717, 1.165) is 34.9 Å². The first kappa shape index (κ1) is 26.2. The van der Waals surface area contributed by atoms with E-state index < -0.39 is 18.4 Å². The molecular weight excluding hydrogens is 533 g/mol. The van der Waals surface area contributed by atoms with Crippen molar-refractivity contribution in [1.82, 2.24) is 14.7 Å². The molecule has 2 rings (SSSR count). The van der Waals surface area contributed by atoms with Gasteiger partial charge in [-0.15, -0.1) is 0 Å². The Kier molecular flexibility index (Phi) is 8.62. The van der Waals surface area contributed by atoms with Crippen LogP contribution in [0.4, 0.5) is 0 Å². The van der Waals surface area contributed by atoms with Crippen LogP contribution in [-0.2, 0) is 25.3 Å². The lowest BCUT2D eigenvalue weighted by atomic mass is 10.2. The second-order valence-electron chi connectivity index (χ2n) is 10.1. The Hall–Kier alpha value is -0.0131. The Morgan fingerprint density at radius 1 is 1.33 bits per heavy atom. The number of aromatic nitrogens is 2. The van der Waals surface area contributed by atoms with Crippen LogP contribution in [0.1, 0.15) is 59.2 Å². The topological polar surface area (TPSA) is 73.7 Å². The molecule has 0 saturated heterocycles. The normalized spacial score (nSPS) is 18.1. The van der Waals surface area contributed by atoms with Crippen molar-refractivity contribution in [2.24, 2.45) is 0 Å². The molecule has 0 radical (unpaired) electrons. The molecular formula is C20H38IN3O4SSi. The number of halogens is 1. The quantitative estimate of drug-likeness (QED) is 0.223. The smallest absolute Gasteiger partial charge is 0.264 e. The van der Waals surface area contributed by atoms with E-state index >= 15 is 0 Å². The maximum Gasteiger partial charge on any atom is 0.264 e. The summed E-state index contributed by atoms with van der Waals surface area (Å²) in [5, 5.41) is 4.81. The van der Waals surface area contributed by atoms with Crippen LogP contribution in [0.3, 0.4) is 0 Å². The molecule has 1 aromatic heterocycles. The molecule has 0 aromatic carbocycles. The predicted octanol–water partition coefficient (Wildman–Crippen LogP) is 4.40. The summed E-state index contributed by atoms with van der Waals surface area (Å²) in [6, 6.07) is 0.608. The molecule has 1 saturated carbocycles. The van der Waals surface area contributed by atoms with Crippen LogP contribution in [0, 0.1) is 3.57 Å². The van der Waals surface area contributed by atoms with Crippen LogP contribution < -0.4 is 0 Å². The molecule has 0 N–H and O–H groups in total. The Morgan fingerprint density at radius 3 is 2.43 bits per heavy atom. The van der Waals surface area contributed by atoms with E-state index in [2.05, 4.69) is 78.1 Å². The van der Waals surface area contributed by atoms with Gasteiger partial charge in [-0.2, -0.15) is 13.5 Å². The molecule has 1 heterocycles. The zero-order valence-electron chi connectivity index (χ0n) is 19.6. The molecule has 10 heteroatoms. The molecule has 7 nitrogen and oxygen atoms in total. The third-order valence-electron chi connectivity index (χ3n) is 6.00. The minimum absolute atomic E-state index is 0.128. The Morgan fingerprint density at radius 2 is 1.93 bits per heavy atom. The Balaban J connectivity index is 2.10. The first-order valence-electron chi connectivity index (χ1n) is 10.6. The summed E-state index contributed by atoms with van der Waals surface area (Å²) < 4.78 is 37.8. The summed E-state index contributed by atoms with van der Waals surface area (Å²) in [4.78, 5) is 2.33. The third-order valence-corrected chi connectivity index (χ3v) is 12.1. The highest BCUT2D eigenvalue weighted by Crippen LogP contribution is 2.37. The zero-order chi connectivity index (χ0) is 22.9. The van der Waals surface area contributed by atoms with Crippen molar-refractivity contribution >= 4 is 41.0 Å². The van der Waals surface area contributed by atoms with Gasteiger partial charge in [0.1, 0.15) is 0 Å². The van der Waals surface area contributed by atoms with Gasteiger partial charge in [-0.05, 0) is 67.4 Å². The monoisotopic (exact) mass is 571 g/mol. The molecule has 1 aromatic rings. The molecule has 0 unspecified atom stereocenters. The maximum absolute atomic E-state index is 11.5. The van der Waals surface area contributed by atoms with Gasteiger partial charge in [0, 0.05) is 19.1 Å². The molecule has 30 heavy (non-hydrogen) atoms. The van der Waals surface area contributed by atoms with Gasteiger partial charge in [-0.25, -0.2) is 0 Å². The lowest BCUT2D eigenvalue weighted by Gasteiger charge is -2.37. The largest absolute Gasteiger partial charge is 0.415 e. The summed E-state index contributed by atoms with van der Waals surface area (Å²) in [5.41, 5.74) is 1.15. The maximum atomic E-state index is 11.5. The standard InChI is InChI=1S/C20H38IN3O4SSi/c1-15(14-27-30(7,8)20(3,4)5)24-19(18(21)11-22-24)13-23(17-9-10-17)12-16(2)28-29(6,25)26/h11,15-17H,9-10,12-14H2,1-8H3/t15-,16-/m0/s1. The average molecular weight is 572 g/mol. The highest BCUT2D eigenvalue weighted by atomic mass is 127. The second-order valence-corrected chi connectivity index (χ2v) is 17.6. The van der Waals surface area contributed by atoms with Crippen molar-refractivity contribution in [2.75, 3.05) is 19.4 Å².